The highest BCUT2D eigenvalue weighted by Crippen LogP contribution is 2.33. The molecule has 0 N–H and O–H groups in total. The standard InChI is InChI=1S/C17H11BrOS/c18-15-7-5-14(11-19)17(10-15)20-16-8-6-12-3-1-2-4-13(12)9-16/h1-11H. The summed E-state index contributed by atoms with van der Waals surface area (Å²) in [4.78, 5) is 13.2. The fraction of sp³-hybridized carbons (Fsp3) is 0. The molecule has 0 saturated heterocycles. The summed E-state index contributed by atoms with van der Waals surface area (Å²) < 4.78 is 0.978. The molecule has 0 aromatic heterocycles. The molecule has 0 atom stereocenters. The number of fused-ring (bicyclic) bond motifs is 1. The number of benzene rings is 3. The highest BCUT2D eigenvalue weighted by molar-refractivity contribution is 9.10. The van der Waals surface area contributed by atoms with Crippen LogP contribution in [0.2, 0.25) is 0 Å². The third-order valence-electron chi connectivity index (χ3n) is 3.05. The topological polar surface area (TPSA) is 17.1 Å². The first-order valence-corrected chi connectivity index (χ1v) is 7.78. The molecule has 0 amide bonds. The lowest BCUT2D eigenvalue weighted by Crippen LogP contribution is -1.85. The molecule has 0 aliphatic rings. The average Bonchev–Trinajstić information content (AvgIpc) is 2.47. The van der Waals surface area contributed by atoms with Gasteiger partial charge in [0.1, 0.15) is 0 Å². The maximum absolute atomic E-state index is 11.1. The van der Waals surface area contributed by atoms with Crippen LogP contribution in [0.4, 0.5) is 0 Å². The van der Waals surface area contributed by atoms with E-state index in [0.29, 0.717) is 5.56 Å². The molecule has 20 heavy (non-hydrogen) atoms. The predicted octanol–water partition coefficient (Wildman–Crippen LogP) is 5.57. The van der Waals surface area contributed by atoms with E-state index in [-0.39, 0.29) is 0 Å². The summed E-state index contributed by atoms with van der Waals surface area (Å²) in [5.41, 5.74) is 0.714. The van der Waals surface area contributed by atoms with E-state index in [2.05, 4.69) is 46.3 Å². The number of hydrogen-bond donors (Lipinski definition) is 0. The Morgan fingerprint density at radius 2 is 1.70 bits per heavy atom. The molecule has 3 rings (SSSR count). The number of rotatable bonds is 3. The minimum absolute atomic E-state index is 0.714. The van der Waals surface area contributed by atoms with Gasteiger partial charge in [-0.3, -0.25) is 4.79 Å². The van der Waals surface area contributed by atoms with Gasteiger partial charge in [-0.25, -0.2) is 0 Å². The van der Waals surface area contributed by atoms with Gasteiger partial charge in [0.05, 0.1) is 0 Å². The predicted molar refractivity (Wildman–Crippen MR) is 87.6 cm³/mol. The molecule has 0 unspecified atom stereocenters. The van der Waals surface area contributed by atoms with E-state index in [9.17, 15) is 4.79 Å². The van der Waals surface area contributed by atoms with Gasteiger partial charge in [0.15, 0.2) is 6.29 Å². The van der Waals surface area contributed by atoms with Crippen molar-refractivity contribution in [1.82, 2.24) is 0 Å². The van der Waals surface area contributed by atoms with Crippen LogP contribution < -0.4 is 0 Å². The molecular weight excluding hydrogens is 332 g/mol. The van der Waals surface area contributed by atoms with Gasteiger partial charge >= 0.3 is 0 Å². The first kappa shape index (κ1) is 13.4. The molecule has 3 heteroatoms. The van der Waals surface area contributed by atoms with Crippen LogP contribution in [0.1, 0.15) is 10.4 Å². The molecule has 0 fully saturated rings. The number of carbonyl (C=O) groups is 1. The van der Waals surface area contributed by atoms with Crippen LogP contribution in [0.5, 0.6) is 0 Å². The van der Waals surface area contributed by atoms with Crippen LogP contribution in [-0.4, -0.2) is 6.29 Å². The Balaban J connectivity index is 2.00. The number of aldehydes is 1. The summed E-state index contributed by atoms with van der Waals surface area (Å²) in [6.45, 7) is 0. The third-order valence-corrected chi connectivity index (χ3v) is 4.61. The monoisotopic (exact) mass is 342 g/mol. The Bertz CT molecular complexity index is 783. The van der Waals surface area contributed by atoms with Gasteiger partial charge in [0.25, 0.3) is 0 Å². The zero-order valence-electron chi connectivity index (χ0n) is 10.5. The molecule has 0 bridgehead atoms. The van der Waals surface area contributed by atoms with Crippen molar-refractivity contribution in [2.75, 3.05) is 0 Å². The summed E-state index contributed by atoms with van der Waals surface area (Å²) >= 11 is 5.06. The van der Waals surface area contributed by atoms with Gasteiger partial charge in [-0.05, 0) is 41.1 Å². The van der Waals surface area contributed by atoms with Crippen molar-refractivity contribution < 1.29 is 4.79 Å². The summed E-state index contributed by atoms with van der Waals surface area (Å²) in [6, 6.07) is 20.3. The largest absolute Gasteiger partial charge is 0.298 e. The summed E-state index contributed by atoms with van der Waals surface area (Å²) in [5, 5.41) is 2.43. The lowest BCUT2D eigenvalue weighted by molar-refractivity contribution is 0.112. The maximum atomic E-state index is 11.1. The lowest BCUT2D eigenvalue weighted by atomic mass is 10.1. The van der Waals surface area contributed by atoms with E-state index >= 15 is 0 Å². The maximum Gasteiger partial charge on any atom is 0.151 e. The Labute approximate surface area is 130 Å². The normalized spacial score (nSPS) is 10.7. The van der Waals surface area contributed by atoms with E-state index in [1.54, 1.807) is 11.8 Å². The molecule has 0 aliphatic carbocycles. The fourth-order valence-electron chi connectivity index (χ4n) is 2.05. The molecule has 3 aromatic carbocycles. The van der Waals surface area contributed by atoms with Gasteiger partial charge in [0.2, 0.25) is 0 Å². The Kier molecular flexibility index (Phi) is 3.90. The average molecular weight is 343 g/mol. The second kappa shape index (κ2) is 5.81. The van der Waals surface area contributed by atoms with Gasteiger partial charge in [-0.2, -0.15) is 0 Å². The molecule has 0 saturated carbocycles. The molecule has 98 valence electrons. The molecular formula is C17H11BrOS. The first-order valence-electron chi connectivity index (χ1n) is 6.18. The van der Waals surface area contributed by atoms with Crippen LogP contribution in [0.15, 0.2) is 74.9 Å². The third kappa shape index (κ3) is 2.79. The minimum atomic E-state index is 0.714. The molecule has 0 aliphatic heterocycles. The molecule has 1 nitrogen and oxygen atoms in total. The highest BCUT2D eigenvalue weighted by atomic mass is 79.9. The lowest BCUT2D eigenvalue weighted by Gasteiger charge is -2.06. The van der Waals surface area contributed by atoms with Crippen LogP contribution in [-0.2, 0) is 0 Å². The fourth-order valence-corrected chi connectivity index (χ4v) is 3.56. The SMILES string of the molecule is O=Cc1ccc(Br)cc1Sc1ccc2ccccc2c1. The molecule has 0 radical (unpaired) electrons. The van der Waals surface area contributed by atoms with Crippen LogP contribution >= 0.6 is 27.7 Å². The molecule has 0 heterocycles. The Morgan fingerprint density at radius 1 is 0.900 bits per heavy atom. The van der Waals surface area contributed by atoms with E-state index in [1.165, 1.54) is 10.8 Å². The second-order valence-corrected chi connectivity index (χ2v) is 6.44. The zero-order valence-corrected chi connectivity index (χ0v) is 12.9. The Hall–Kier alpha value is -1.58. The van der Waals surface area contributed by atoms with Crippen molar-refractivity contribution in [2.45, 2.75) is 9.79 Å². The number of hydrogen-bond acceptors (Lipinski definition) is 2. The number of carbonyl (C=O) groups excluding carboxylic acids is 1. The van der Waals surface area contributed by atoms with Crippen LogP contribution in [0.25, 0.3) is 10.8 Å². The van der Waals surface area contributed by atoms with E-state index in [1.807, 2.05) is 30.3 Å². The highest BCUT2D eigenvalue weighted by Gasteiger charge is 2.05. The van der Waals surface area contributed by atoms with Crippen molar-refractivity contribution in [3.05, 3.63) is 70.7 Å². The smallest absolute Gasteiger partial charge is 0.151 e. The summed E-state index contributed by atoms with van der Waals surface area (Å²) in [5.74, 6) is 0. The van der Waals surface area contributed by atoms with Crippen LogP contribution in [0.3, 0.4) is 0 Å². The van der Waals surface area contributed by atoms with Gasteiger partial charge < -0.3 is 0 Å². The summed E-state index contributed by atoms with van der Waals surface area (Å²) in [6.07, 6.45) is 0.899. The summed E-state index contributed by atoms with van der Waals surface area (Å²) in [7, 11) is 0. The second-order valence-electron chi connectivity index (χ2n) is 4.41. The first-order chi connectivity index (χ1) is 9.76. The zero-order chi connectivity index (χ0) is 13.9. The van der Waals surface area contributed by atoms with E-state index in [0.717, 1.165) is 20.5 Å². The van der Waals surface area contributed by atoms with Gasteiger partial charge in [0, 0.05) is 19.8 Å². The van der Waals surface area contributed by atoms with E-state index < -0.39 is 0 Å². The van der Waals surface area contributed by atoms with Gasteiger partial charge in [-0.15, -0.1) is 0 Å². The van der Waals surface area contributed by atoms with Gasteiger partial charge in [-0.1, -0.05) is 58.0 Å². The van der Waals surface area contributed by atoms with Crippen molar-refractivity contribution in [3.8, 4) is 0 Å². The van der Waals surface area contributed by atoms with Crippen molar-refractivity contribution in [2.24, 2.45) is 0 Å². The van der Waals surface area contributed by atoms with Crippen molar-refractivity contribution >= 4 is 44.8 Å². The van der Waals surface area contributed by atoms with E-state index in [4.69, 9.17) is 0 Å². The van der Waals surface area contributed by atoms with Crippen molar-refractivity contribution in [1.29, 1.82) is 0 Å². The molecule has 3 aromatic rings. The Morgan fingerprint density at radius 3 is 2.50 bits per heavy atom. The number of halogens is 1. The van der Waals surface area contributed by atoms with Crippen LogP contribution in [0, 0.1) is 0 Å². The quantitative estimate of drug-likeness (QED) is 0.579. The van der Waals surface area contributed by atoms with Crippen molar-refractivity contribution in [3.63, 3.8) is 0 Å². The molecule has 0 spiro atoms. The minimum Gasteiger partial charge on any atom is -0.298 e.